The summed E-state index contributed by atoms with van der Waals surface area (Å²) in [6.07, 6.45) is 0. The van der Waals surface area contributed by atoms with Gasteiger partial charge in [-0.1, -0.05) is 29.8 Å². The fraction of sp³-hybridized carbons (Fsp3) is 0.100. The van der Waals surface area contributed by atoms with E-state index in [1.165, 1.54) is 0 Å². The molecule has 0 amide bonds. The molecule has 2 N–H and O–H groups in total. The largest absolute Gasteiger partial charge is 0.478 e. The number of hydrogen-bond acceptors (Lipinski definition) is 1. The molecule has 0 atom stereocenters. The quantitative estimate of drug-likeness (QED) is 0.759. The number of benzene rings is 1. The third-order valence-corrected chi connectivity index (χ3v) is 2.49. The van der Waals surface area contributed by atoms with Crippen LogP contribution in [0.15, 0.2) is 18.2 Å². The van der Waals surface area contributed by atoms with Gasteiger partial charge in [-0.3, -0.25) is 0 Å². The highest BCUT2D eigenvalue weighted by atomic mass is 35.5. The Balaban J connectivity index is 2.90. The van der Waals surface area contributed by atoms with Crippen LogP contribution in [-0.4, -0.2) is 16.1 Å². The SMILES string of the molecule is Cc1cccc2c(C(=O)O)c(Cl)[nH]c12. The molecular formula is C10H8ClNO2. The molecule has 0 saturated carbocycles. The average molecular weight is 210 g/mol. The van der Waals surface area contributed by atoms with Gasteiger partial charge in [-0.05, 0) is 12.5 Å². The molecule has 1 aromatic carbocycles. The van der Waals surface area contributed by atoms with E-state index in [4.69, 9.17) is 16.7 Å². The van der Waals surface area contributed by atoms with Crippen LogP contribution in [0.25, 0.3) is 10.9 Å². The van der Waals surface area contributed by atoms with Gasteiger partial charge in [-0.25, -0.2) is 4.79 Å². The Morgan fingerprint density at radius 2 is 2.21 bits per heavy atom. The molecule has 1 aromatic heterocycles. The minimum absolute atomic E-state index is 0.144. The molecule has 0 spiro atoms. The first-order chi connectivity index (χ1) is 6.61. The Labute approximate surface area is 85.3 Å². The summed E-state index contributed by atoms with van der Waals surface area (Å²) in [5, 5.41) is 9.78. The van der Waals surface area contributed by atoms with Gasteiger partial charge in [0.05, 0.1) is 5.52 Å². The molecule has 0 fully saturated rings. The first-order valence-corrected chi connectivity index (χ1v) is 4.49. The van der Waals surface area contributed by atoms with Crippen LogP contribution >= 0.6 is 11.6 Å². The number of H-pyrrole nitrogens is 1. The number of carboxylic acids is 1. The lowest BCUT2D eigenvalue weighted by atomic mass is 10.1. The summed E-state index contributed by atoms with van der Waals surface area (Å²) in [4.78, 5) is 13.8. The number of aryl methyl sites for hydroxylation is 1. The van der Waals surface area contributed by atoms with E-state index < -0.39 is 5.97 Å². The summed E-state index contributed by atoms with van der Waals surface area (Å²) in [5.74, 6) is -1.01. The summed E-state index contributed by atoms with van der Waals surface area (Å²) in [6.45, 7) is 1.90. The molecule has 4 heteroatoms. The smallest absolute Gasteiger partial charge is 0.339 e. The Bertz CT molecular complexity index is 516. The van der Waals surface area contributed by atoms with Crippen LogP contribution in [0.5, 0.6) is 0 Å². The number of nitrogens with one attached hydrogen (secondary N) is 1. The van der Waals surface area contributed by atoms with Crippen LogP contribution < -0.4 is 0 Å². The minimum Gasteiger partial charge on any atom is -0.478 e. The summed E-state index contributed by atoms with van der Waals surface area (Å²) < 4.78 is 0. The van der Waals surface area contributed by atoms with Crippen LogP contribution in [0.2, 0.25) is 5.15 Å². The lowest BCUT2D eigenvalue weighted by molar-refractivity contribution is 0.0699. The lowest BCUT2D eigenvalue weighted by Crippen LogP contribution is -1.94. The number of aromatic nitrogens is 1. The van der Waals surface area contributed by atoms with Gasteiger partial charge in [0.15, 0.2) is 0 Å². The van der Waals surface area contributed by atoms with Crippen molar-refractivity contribution in [2.75, 3.05) is 0 Å². The molecule has 14 heavy (non-hydrogen) atoms. The maximum atomic E-state index is 10.9. The molecule has 0 unspecified atom stereocenters. The van der Waals surface area contributed by atoms with Crippen LogP contribution in [-0.2, 0) is 0 Å². The van der Waals surface area contributed by atoms with E-state index >= 15 is 0 Å². The maximum Gasteiger partial charge on any atom is 0.339 e. The number of hydrogen-bond donors (Lipinski definition) is 2. The van der Waals surface area contributed by atoms with Crippen molar-refractivity contribution in [3.8, 4) is 0 Å². The standard InChI is InChI=1S/C10H8ClNO2/c1-5-3-2-4-6-7(10(13)14)9(11)12-8(5)6/h2-4,12H,1H3,(H,13,14). The van der Waals surface area contributed by atoms with Crippen molar-refractivity contribution in [2.24, 2.45) is 0 Å². The number of carbonyl (C=O) groups is 1. The molecule has 2 rings (SSSR count). The van der Waals surface area contributed by atoms with Gasteiger partial charge in [0, 0.05) is 5.39 Å². The molecule has 1 heterocycles. The van der Waals surface area contributed by atoms with Gasteiger partial charge in [-0.2, -0.15) is 0 Å². The monoisotopic (exact) mass is 209 g/mol. The zero-order chi connectivity index (χ0) is 10.3. The third-order valence-electron chi connectivity index (χ3n) is 2.21. The lowest BCUT2D eigenvalue weighted by Gasteiger charge is -1.94. The number of rotatable bonds is 1. The summed E-state index contributed by atoms with van der Waals surface area (Å²) in [7, 11) is 0. The molecule has 0 aliphatic carbocycles. The summed E-state index contributed by atoms with van der Waals surface area (Å²) in [6, 6.07) is 5.46. The molecular weight excluding hydrogens is 202 g/mol. The van der Waals surface area contributed by atoms with Gasteiger partial charge in [0.25, 0.3) is 0 Å². The number of carboxylic acid groups (broad SMARTS) is 1. The molecule has 0 bridgehead atoms. The Morgan fingerprint density at radius 3 is 2.86 bits per heavy atom. The normalized spacial score (nSPS) is 10.7. The highest BCUT2D eigenvalue weighted by Gasteiger charge is 2.16. The van der Waals surface area contributed by atoms with E-state index in [-0.39, 0.29) is 10.7 Å². The van der Waals surface area contributed by atoms with Crippen LogP contribution in [0.3, 0.4) is 0 Å². The van der Waals surface area contributed by atoms with Crippen molar-refractivity contribution in [1.82, 2.24) is 4.98 Å². The van der Waals surface area contributed by atoms with Crippen LogP contribution in [0.4, 0.5) is 0 Å². The number of aromatic carboxylic acids is 1. The van der Waals surface area contributed by atoms with E-state index in [0.29, 0.717) is 5.39 Å². The van der Waals surface area contributed by atoms with Crippen LogP contribution in [0, 0.1) is 6.92 Å². The first kappa shape index (κ1) is 9.09. The topological polar surface area (TPSA) is 53.1 Å². The third kappa shape index (κ3) is 1.17. The molecule has 72 valence electrons. The summed E-state index contributed by atoms with van der Waals surface area (Å²) >= 11 is 5.80. The molecule has 2 aromatic rings. The Kier molecular flexibility index (Phi) is 1.97. The fourth-order valence-electron chi connectivity index (χ4n) is 1.54. The second-order valence-corrected chi connectivity index (χ2v) is 3.49. The zero-order valence-corrected chi connectivity index (χ0v) is 8.22. The number of para-hydroxylation sites is 1. The molecule has 0 aliphatic heterocycles. The predicted octanol–water partition coefficient (Wildman–Crippen LogP) is 2.83. The molecule has 0 saturated heterocycles. The van der Waals surface area contributed by atoms with Crippen molar-refractivity contribution in [3.05, 3.63) is 34.5 Å². The number of aromatic amines is 1. The van der Waals surface area contributed by atoms with Crippen molar-refractivity contribution in [1.29, 1.82) is 0 Å². The van der Waals surface area contributed by atoms with E-state index in [1.807, 2.05) is 19.1 Å². The number of fused-ring (bicyclic) bond motifs is 1. The highest BCUT2D eigenvalue weighted by molar-refractivity contribution is 6.34. The zero-order valence-electron chi connectivity index (χ0n) is 7.47. The second-order valence-electron chi connectivity index (χ2n) is 3.12. The van der Waals surface area contributed by atoms with E-state index in [0.717, 1.165) is 11.1 Å². The van der Waals surface area contributed by atoms with Crippen molar-refractivity contribution >= 4 is 28.5 Å². The molecule has 3 nitrogen and oxygen atoms in total. The van der Waals surface area contributed by atoms with Gasteiger partial charge in [-0.15, -0.1) is 0 Å². The van der Waals surface area contributed by atoms with Gasteiger partial charge in [0.2, 0.25) is 0 Å². The number of halogens is 1. The second kappa shape index (κ2) is 3.03. The molecule has 0 aliphatic rings. The first-order valence-electron chi connectivity index (χ1n) is 4.11. The maximum absolute atomic E-state index is 10.9. The Morgan fingerprint density at radius 1 is 1.50 bits per heavy atom. The Hall–Kier alpha value is -1.48. The van der Waals surface area contributed by atoms with Crippen molar-refractivity contribution in [2.45, 2.75) is 6.92 Å². The highest BCUT2D eigenvalue weighted by Crippen LogP contribution is 2.27. The van der Waals surface area contributed by atoms with E-state index in [2.05, 4.69) is 4.98 Å². The van der Waals surface area contributed by atoms with Crippen molar-refractivity contribution < 1.29 is 9.90 Å². The molecule has 0 radical (unpaired) electrons. The van der Waals surface area contributed by atoms with Crippen molar-refractivity contribution in [3.63, 3.8) is 0 Å². The minimum atomic E-state index is -1.01. The predicted molar refractivity (Wildman–Crippen MR) is 55.0 cm³/mol. The van der Waals surface area contributed by atoms with E-state index in [9.17, 15) is 4.79 Å². The van der Waals surface area contributed by atoms with Gasteiger partial charge in [0.1, 0.15) is 10.7 Å². The fourth-order valence-corrected chi connectivity index (χ4v) is 1.82. The van der Waals surface area contributed by atoms with E-state index in [1.54, 1.807) is 6.07 Å². The van der Waals surface area contributed by atoms with Gasteiger partial charge >= 0.3 is 5.97 Å². The van der Waals surface area contributed by atoms with Crippen LogP contribution in [0.1, 0.15) is 15.9 Å². The van der Waals surface area contributed by atoms with Gasteiger partial charge < -0.3 is 10.1 Å². The summed E-state index contributed by atoms with van der Waals surface area (Å²) in [5.41, 5.74) is 1.91. The average Bonchev–Trinajstić information content (AvgIpc) is 2.42.